The fourth-order valence-electron chi connectivity index (χ4n) is 2.58. The third-order valence-electron chi connectivity index (χ3n) is 4.27. The van der Waals surface area contributed by atoms with Crippen molar-refractivity contribution >= 4 is 36.2 Å². The van der Waals surface area contributed by atoms with Crippen molar-refractivity contribution in [3.63, 3.8) is 0 Å². The highest BCUT2D eigenvalue weighted by atomic mass is 79.9. The molecule has 10 heteroatoms. The molecule has 164 valence electrons. The second kappa shape index (κ2) is 8.99. The largest absolute Gasteiger partial charge is 0.392 e. The highest BCUT2D eigenvalue weighted by Gasteiger charge is 2.24. The van der Waals surface area contributed by atoms with Crippen LogP contribution in [0, 0.1) is 13.8 Å². The molecule has 0 aliphatic heterocycles. The number of rotatable bonds is 7. The van der Waals surface area contributed by atoms with Gasteiger partial charge in [-0.3, -0.25) is 0 Å². The highest BCUT2D eigenvalue weighted by molar-refractivity contribution is 9.10. The van der Waals surface area contributed by atoms with E-state index >= 15 is 0 Å². The first kappa shape index (κ1) is 23.3. The molecule has 31 heavy (non-hydrogen) atoms. The van der Waals surface area contributed by atoms with Crippen molar-refractivity contribution in [1.29, 1.82) is 0 Å². The molecule has 1 N–H and O–H groups in total. The molecule has 0 heterocycles. The number of benzene rings is 3. The molecular weight excluding hydrogens is 508 g/mol. The third-order valence-corrected chi connectivity index (χ3v) is 7.55. The average Bonchev–Trinajstić information content (AvgIpc) is 2.71. The van der Waals surface area contributed by atoms with Crippen molar-refractivity contribution in [2.24, 2.45) is 0 Å². The van der Waals surface area contributed by atoms with E-state index in [4.69, 9.17) is 8.37 Å². The minimum atomic E-state index is -4.21. The summed E-state index contributed by atoms with van der Waals surface area (Å²) in [4.78, 5) is -0.150. The molecule has 0 atom stereocenters. The van der Waals surface area contributed by atoms with Crippen molar-refractivity contribution in [3.05, 3.63) is 81.8 Å². The predicted octanol–water partition coefficient (Wildman–Crippen LogP) is 4.09. The maximum atomic E-state index is 12.7. The van der Waals surface area contributed by atoms with Crippen molar-refractivity contribution < 1.29 is 30.3 Å². The standard InChI is InChI=1S/C21H19BrO7S2/c1-14-3-7-17(8-4-14)30(24,25)28-19-11-16(13-23)12-20(21(19)22)29-31(26,27)18-9-5-15(2)6-10-18/h3-12,23H,13H2,1-2H3. The summed E-state index contributed by atoms with van der Waals surface area (Å²) in [5.74, 6) is -0.442. The van der Waals surface area contributed by atoms with Crippen LogP contribution in [0.4, 0.5) is 0 Å². The van der Waals surface area contributed by atoms with Crippen LogP contribution in [0.25, 0.3) is 0 Å². The Kier molecular flexibility index (Phi) is 6.75. The maximum Gasteiger partial charge on any atom is 0.339 e. The number of hydrogen-bond acceptors (Lipinski definition) is 7. The molecule has 0 saturated heterocycles. The lowest BCUT2D eigenvalue weighted by Crippen LogP contribution is -2.13. The Bertz CT molecular complexity index is 1200. The van der Waals surface area contributed by atoms with Gasteiger partial charge in [0.15, 0.2) is 11.5 Å². The normalized spacial score (nSPS) is 11.9. The van der Waals surface area contributed by atoms with Gasteiger partial charge in [0, 0.05) is 0 Å². The Morgan fingerprint density at radius 2 is 1.10 bits per heavy atom. The van der Waals surface area contributed by atoms with E-state index in [1.165, 1.54) is 36.4 Å². The average molecular weight is 527 g/mol. The zero-order chi connectivity index (χ0) is 22.8. The molecular formula is C21H19BrO7S2. The van der Waals surface area contributed by atoms with Crippen molar-refractivity contribution in [1.82, 2.24) is 0 Å². The summed E-state index contributed by atoms with van der Waals surface area (Å²) >= 11 is 3.16. The first-order valence-electron chi connectivity index (χ1n) is 8.97. The molecule has 0 aliphatic carbocycles. The van der Waals surface area contributed by atoms with E-state index in [2.05, 4.69) is 15.9 Å². The summed E-state index contributed by atoms with van der Waals surface area (Å²) in [6, 6.07) is 14.6. The Morgan fingerprint density at radius 3 is 1.42 bits per heavy atom. The van der Waals surface area contributed by atoms with Gasteiger partial charge in [0.05, 0.1) is 6.61 Å². The topological polar surface area (TPSA) is 107 Å². The summed E-state index contributed by atoms with van der Waals surface area (Å²) in [6.45, 7) is 3.14. The number of aliphatic hydroxyl groups excluding tert-OH is 1. The Hall–Kier alpha value is -2.40. The smallest absolute Gasteiger partial charge is 0.339 e. The SMILES string of the molecule is Cc1ccc(S(=O)(=O)Oc2cc(CO)cc(OS(=O)(=O)c3ccc(C)cc3)c2Br)cc1. The lowest BCUT2D eigenvalue weighted by molar-refractivity contribution is 0.281. The van der Waals surface area contributed by atoms with E-state index in [9.17, 15) is 21.9 Å². The summed E-state index contributed by atoms with van der Waals surface area (Å²) in [7, 11) is -8.42. The van der Waals surface area contributed by atoms with Gasteiger partial charge in [0.1, 0.15) is 14.3 Å². The molecule has 0 aliphatic rings. The van der Waals surface area contributed by atoms with E-state index in [0.29, 0.717) is 0 Å². The van der Waals surface area contributed by atoms with Crippen LogP contribution >= 0.6 is 15.9 Å². The van der Waals surface area contributed by atoms with Crippen LogP contribution < -0.4 is 8.37 Å². The quantitative estimate of drug-likeness (QED) is 0.461. The summed E-state index contributed by atoms with van der Waals surface area (Å²) in [6.07, 6.45) is 0. The maximum absolute atomic E-state index is 12.7. The van der Waals surface area contributed by atoms with Gasteiger partial charge in [-0.15, -0.1) is 0 Å². The van der Waals surface area contributed by atoms with Crippen molar-refractivity contribution in [2.45, 2.75) is 30.2 Å². The highest BCUT2D eigenvalue weighted by Crippen LogP contribution is 2.39. The molecule has 3 aromatic carbocycles. The van der Waals surface area contributed by atoms with Gasteiger partial charge in [-0.25, -0.2) is 0 Å². The first-order valence-corrected chi connectivity index (χ1v) is 12.6. The molecule has 0 radical (unpaired) electrons. The zero-order valence-corrected chi connectivity index (χ0v) is 19.8. The van der Waals surface area contributed by atoms with Gasteiger partial charge in [-0.2, -0.15) is 16.8 Å². The van der Waals surface area contributed by atoms with Crippen LogP contribution in [0.3, 0.4) is 0 Å². The van der Waals surface area contributed by atoms with E-state index in [1.54, 1.807) is 24.3 Å². The molecule has 0 aromatic heterocycles. The van der Waals surface area contributed by atoms with Gasteiger partial charge >= 0.3 is 20.2 Å². The lowest BCUT2D eigenvalue weighted by Gasteiger charge is -2.14. The van der Waals surface area contributed by atoms with Gasteiger partial charge < -0.3 is 13.5 Å². The van der Waals surface area contributed by atoms with Crippen LogP contribution in [0.1, 0.15) is 16.7 Å². The molecule has 0 amide bonds. The molecule has 0 unspecified atom stereocenters. The molecule has 7 nitrogen and oxygen atoms in total. The molecule has 0 spiro atoms. The summed E-state index contributed by atoms with van der Waals surface area (Å²) in [5, 5.41) is 9.54. The van der Waals surface area contributed by atoms with Gasteiger partial charge in [-0.1, -0.05) is 35.4 Å². The van der Waals surface area contributed by atoms with Gasteiger partial charge in [0.25, 0.3) is 0 Å². The zero-order valence-electron chi connectivity index (χ0n) is 16.6. The fourth-order valence-corrected chi connectivity index (χ4v) is 5.05. The van der Waals surface area contributed by atoms with Crippen LogP contribution in [-0.4, -0.2) is 21.9 Å². The second-order valence-electron chi connectivity index (χ2n) is 6.77. The van der Waals surface area contributed by atoms with E-state index in [1.807, 2.05) is 13.8 Å². The van der Waals surface area contributed by atoms with Gasteiger partial charge in [-0.05, 0) is 71.7 Å². The van der Waals surface area contributed by atoms with Crippen LogP contribution in [-0.2, 0) is 26.8 Å². The van der Waals surface area contributed by atoms with Crippen LogP contribution in [0.5, 0.6) is 11.5 Å². The predicted molar refractivity (Wildman–Crippen MR) is 118 cm³/mol. The third kappa shape index (κ3) is 5.45. The first-order chi connectivity index (χ1) is 14.5. The molecule has 0 saturated carbocycles. The van der Waals surface area contributed by atoms with Crippen molar-refractivity contribution in [3.8, 4) is 11.5 Å². The number of hydrogen-bond donors (Lipinski definition) is 1. The van der Waals surface area contributed by atoms with Crippen molar-refractivity contribution in [2.75, 3.05) is 0 Å². The van der Waals surface area contributed by atoms with E-state index in [0.717, 1.165) is 11.1 Å². The number of aliphatic hydroxyl groups is 1. The number of aryl methyl sites for hydroxylation is 2. The molecule has 0 fully saturated rings. The molecule has 3 rings (SSSR count). The molecule has 0 bridgehead atoms. The van der Waals surface area contributed by atoms with E-state index < -0.39 is 26.8 Å². The minimum absolute atomic E-state index is 0.0314. The summed E-state index contributed by atoms with van der Waals surface area (Å²) in [5.41, 5.74) is 1.95. The molecule has 3 aromatic rings. The Balaban J connectivity index is 1.99. The number of halogens is 1. The van der Waals surface area contributed by atoms with Gasteiger partial charge in [0.2, 0.25) is 0 Å². The second-order valence-corrected chi connectivity index (χ2v) is 10.7. The Labute approximate surface area is 189 Å². The monoisotopic (exact) mass is 526 g/mol. The summed E-state index contributed by atoms with van der Waals surface area (Å²) < 4.78 is 61.0. The van der Waals surface area contributed by atoms with Crippen LogP contribution in [0.2, 0.25) is 0 Å². The van der Waals surface area contributed by atoms with Crippen LogP contribution in [0.15, 0.2) is 74.9 Å². The van der Waals surface area contributed by atoms with E-state index in [-0.39, 0.29) is 31.3 Å². The fraction of sp³-hybridized carbons (Fsp3) is 0.143. The minimum Gasteiger partial charge on any atom is -0.392 e. The Morgan fingerprint density at radius 1 is 0.742 bits per heavy atom. The lowest BCUT2D eigenvalue weighted by atomic mass is 10.2.